The van der Waals surface area contributed by atoms with Crippen molar-refractivity contribution in [1.29, 1.82) is 0 Å². The molecule has 0 aliphatic carbocycles. The van der Waals surface area contributed by atoms with Crippen molar-refractivity contribution in [3.05, 3.63) is 60.2 Å². The van der Waals surface area contributed by atoms with Gasteiger partial charge in [-0.25, -0.2) is 0 Å². The van der Waals surface area contributed by atoms with Gasteiger partial charge < -0.3 is 15.5 Å². The fraction of sp³-hybridized carbons (Fsp3) is 0.348. The van der Waals surface area contributed by atoms with Crippen molar-refractivity contribution >= 4 is 17.8 Å². The molecule has 4 N–H and O–H groups in total. The molecular weight excluding hydrogens is 384 g/mol. The molecule has 0 aliphatic heterocycles. The molecule has 7 heteroatoms. The smallest absolute Gasteiger partial charge is 0.320 e. The van der Waals surface area contributed by atoms with Crippen LogP contribution in [0, 0.1) is 5.92 Å². The Bertz CT molecular complexity index is 850. The Morgan fingerprint density at radius 1 is 0.833 bits per heavy atom. The van der Waals surface area contributed by atoms with E-state index >= 15 is 0 Å². The number of hydrogen-bond donors (Lipinski definition) is 4. The molecule has 1 unspecified atom stereocenters. The first-order valence-electron chi connectivity index (χ1n) is 9.93. The molecule has 30 heavy (non-hydrogen) atoms. The number of hydrogen-bond acceptors (Lipinski definition) is 4. The number of carboxylic acid groups (broad SMARTS) is 2. The maximum Gasteiger partial charge on any atom is 0.320 e. The minimum atomic E-state index is -1.15. The van der Waals surface area contributed by atoms with Crippen molar-refractivity contribution in [2.75, 3.05) is 6.54 Å². The van der Waals surface area contributed by atoms with Crippen LogP contribution in [0.1, 0.15) is 37.0 Å². The van der Waals surface area contributed by atoms with Crippen LogP contribution in [0.2, 0.25) is 0 Å². The lowest BCUT2D eigenvalue weighted by molar-refractivity contribution is -0.143. The number of carbonyl (C=O) groups excluding carboxylic acids is 1. The molecule has 1 amide bonds. The zero-order valence-corrected chi connectivity index (χ0v) is 17.2. The monoisotopic (exact) mass is 412 g/mol. The summed E-state index contributed by atoms with van der Waals surface area (Å²) in [6.07, 6.45) is 0.393. The third-order valence-corrected chi connectivity index (χ3v) is 4.68. The molecular formula is C23H28N2O5. The number of nitrogens with one attached hydrogen (secondary N) is 2. The summed E-state index contributed by atoms with van der Waals surface area (Å²) in [4.78, 5) is 35.2. The van der Waals surface area contributed by atoms with E-state index in [0.717, 1.165) is 11.1 Å². The number of carboxylic acids is 2. The zero-order valence-electron chi connectivity index (χ0n) is 17.2. The van der Waals surface area contributed by atoms with Crippen LogP contribution in [-0.2, 0) is 9.59 Å². The van der Waals surface area contributed by atoms with Gasteiger partial charge in [-0.2, -0.15) is 0 Å². The SMILES string of the molecule is CC(C)C[C@H](NC(CCNC(=O)c1ccc(-c2ccccc2)cc1)C(=O)O)C(=O)O. The maximum atomic E-state index is 12.3. The Hall–Kier alpha value is -3.19. The highest BCUT2D eigenvalue weighted by Gasteiger charge is 2.26. The van der Waals surface area contributed by atoms with E-state index in [1.54, 1.807) is 12.1 Å². The van der Waals surface area contributed by atoms with Crippen molar-refractivity contribution in [3.8, 4) is 11.1 Å². The van der Waals surface area contributed by atoms with Gasteiger partial charge in [0.25, 0.3) is 5.91 Å². The summed E-state index contributed by atoms with van der Waals surface area (Å²) in [6.45, 7) is 3.85. The van der Waals surface area contributed by atoms with E-state index in [1.807, 2.05) is 56.3 Å². The van der Waals surface area contributed by atoms with Crippen LogP contribution in [0.25, 0.3) is 11.1 Å². The average molecular weight is 412 g/mol. The molecule has 2 aromatic carbocycles. The van der Waals surface area contributed by atoms with Gasteiger partial charge in [0.15, 0.2) is 0 Å². The number of benzene rings is 2. The van der Waals surface area contributed by atoms with Gasteiger partial charge in [0, 0.05) is 12.1 Å². The number of carbonyl (C=O) groups is 3. The quantitative estimate of drug-likeness (QED) is 0.451. The third-order valence-electron chi connectivity index (χ3n) is 4.68. The number of rotatable bonds is 11. The minimum absolute atomic E-state index is 0.0745. The van der Waals surface area contributed by atoms with Gasteiger partial charge in [-0.3, -0.25) is 19.7 Å². The molecule has 0 saturated heterocycles. The first-order valence-corrected chi connectivity index (χ1v) is 9.93. The van der Waals surface area contributed by atoms with Crippen molar-refractivity contribution in [2.45, 2.75) is 38.8 Å². The Balaban J connectivity index is 1.91. The average Bonchev–Trinajstić information content (AvgIpc) is 2.72. The van der Waals surface area contributed by atoms with Gasteiger partial charge >= 0.3 is 11.9 Å². The van der Waals surface area contributed by atoms with Crippen LogP contribution in [-0.4, -0.2) is 46.7 Å². The molecule has 0 heterocycles. The molecule has 2 atom stereocenters. The molecule has 2 aromatic rings. The van der Waals surface area contributed by atoms with Crippen LogP contribution in [0.3, 0.4) is 0 Å². The first-order chi connectivity index (χ1) is 14.3. The zero-order chi connectivity index (χ0) is 22.1. The summed E-state index contributed by atoms with van der Waals surface area (Å²) >= 11 is 0. The van der Waals surface area contributed by atoms with Gasteiger partial charge in [0.1, 0.15) is 12.1 Å². The summed E-state index contributed by atoms with van der Waals surface area (Å²) in [5.74, 6) is -2.44. The Morgan fingerprint density at radius 3 is 1.93 bits per heavy atom. The molecule has 160 valence electrons. The second-order valence-electron chi connectivity index (χ2n) is 7.57. The van der Waals surface area contributed by atoms with Crippen LogP contribution >= 0.6 is 0 Å². The Morgan fingerprint density at radius 2 is 1.40 bits per heavy atom. The summed E-state index contributed by atoms with van der Waals surface area (Å²) in [5, 5.41) is 24.1. The van der Waals surface area contributed by atoms with E-state index in [-0.39, 0.29) is 24.8 Å². The highest BCUT2D eigenvalue weighted by Crippen LogP contribution is 2.19. The number of amides is 1. The lowest BCUT2D eigenvalue weighted by atomic mass is 10.0. The van der Waals surface area contributed by atoms with E-state index in [4.69, 9.17) is 0 Å². The molecule has 0 fully saturated rings. The van der Waals surface area contributed by atoms with Crippen molar-refractivity contribution in [3.63, 3.8) is 0 Å². The van der Waals surface area contributed by atoms with Gasteiger partial charge in [-0.15, -0.1) is 0 Å². The predicted octanol–water partition coefficient (Wildman–Crippen LogP) is 3.02. The Kier molecular flexibility index (Phi) is 8.55. The van der Waals surface area contributed by atoms with Crippen LogP contribution in [0.5, 0.6) is 0 Å². The molecule has 0 saturated carbocycles. The van der Waals surface area contributed by atoms with Crippen molar-refractivity contribution in [2.24, 2.45) is 5.92 Å². The normalized spacial score (nSPS) is 12.9. The first kappa shape index (κ1) is 23.1. The minimum Gasteiger partial charge on any atom is -0.480 e. The lowest BCUT2D eigenvalue weighted by Gasteiger charge is -2.21. The Labute approximate surface area is 176 Å². The number of aliphatic carboxylic acids is 2. The van der Waals surface area contributed by atoms with Crippen LogP contribution in [0.15, 0.2) is 54.6 Å². The van der Waals surface area contributed by atoms with E-state index in [2.05, 4.69) is 10.6 Å². The highest BCUT2D eigenvalue weighted by atomic mass is 16.4. The summed E-state index contributed by atoms with van der Waals surface area (Å²) in [6, 6.07) is 14.9. The molecule has 0 aromatic heterocycles. The summed E-state index contributed by atoms with van der Waals surface area (Å²) < 4.78 is 0. The fourth-order valence-corrected chi connectivity index (χ4v) is 3.11. The van der Waals surface area contributed by atoms with E-state index in [9.17, 15) is 24.6 Å². The van der Waals surface area contributed by atoms with Gasteiger partial charge in [-0.05, 0) is 42.0 Å². The van der Waals surface area contributed by atoms with Gasteiger partial charge in [0.2, 0.25) is 0 Å². The standard InChI is InChI=1S/C23H28N2O5/c1-15(2)14-20(23(29)30)25-19(22(27)28)12-13-24-21(26)18-10-8-17(9-11-18)16-6-4-3-5-7-16/h3-11,15,19-20,25H,12-14H2,1-2H3,(H,24,26)(H,27,28)(H,29,30)/t19?,20-/m0/s1. The highest BCUT2D eigenvalue weighted by molar-refractivity contribution is 5.94. The molecule has 7 nitrogen and oxygen atoms in total. The van der Waals surface area contributed by atoms with Gasteiger partial charge in [0.05, 0.1) is 0 Å². The molecule has 2 rings (SSSR count). The largest absolute Gasteiger partial charge is 0.480 e. The van der Waals surface area contributed by atoms with Crippen LogP contribution in [0.4, 0.5) is 0 Å². The van der Waals surface area contributed by atoms with E-state index < -0.39 is 24.0 Å². The second-order valence-corrected chi connectivity index (χ2v) is 7.57. The predicted molar refractivity (Wildman–Crippen MR) is 114 cm³/mol. The lowest BCUT2D eigenvalue weighted by Crippen LogP contribution is -2.49. The summed E-state index contributed by atoms with van der Waals surface area (Å²) in [5.41, 5.74) is 2.51. The molecule has 0 radical (unpaired) electrons. The van der Waals surface area contributed by atoms with Crippen molar-refractivity contribution < 1.29 is 24.6 Å². The van der Waals surface area contributed by atoms with Crippen molar-refractivity contribution in [1.82, 2.24) is 10.6 Å². The summed E-state index contributed by atoms with van der Waals surface area (Å²) in [7, 11) is 0. The van der Waals surface area contributed by atoms with Crippen LogP contribution < -0.4 is 10.6 Å². The molecule has 0 bridgehead atoms. The third kappa shape index (κ3) is 7.00. The maximum absolute atomic E-state index is 12.3. The topological polar surface area (TPSA) is 116 Å². The second kappa shape index (κ2) is 11.1. The fourth-order valence-electron chi connectivity index (χ4n) is 3.11. The van der Waals surface area contributed by atoms with E-state index in [0.29, 0.717) is 12.0 Å². The van der Waals surface area contributed by atoms with Gasteiger partial charge in [-0.1, -0.05) is 56.3 Å². The molecule has 0 aliphatic rings. The molecule has 0 spiro atoms. The van der Waals surface area contributed by atoms with E-state index in [1.165, 1.54) is 0 Å².